The molecule has 1 fully saturated rings. The number of hydrogen-bond donors (Lipinski definition) is 1. The molecule has 8 heteroatoms. The van der Waals surface area contributed by atoms with Crippen LogP contribution < -0.4 is 14.8 Å². The molecule has 1 N–H and O–H groups in total. The fraction of sp³-hybridized carbons (Fsp3) is 0.458. The van der Waals surface area contributed by atoms with Crippen molar-refractivity contribution in [2.45, 2.75) is 50.3 Å². The van der Waals surface area contributed by atoms with Crippen molar-refractivity contribution in [1.29, 1.82) is 0 Å². The zero-order valence-corrected chi connectivity index (χ0v) is 19.8. The van der Waals surface area contributed by atoms with E-state index in [1.807, 2.05) is 18.2 Å². The average Bonchev–Trinajstić information content (AvgIpc) is 3.09. The summed E-state index contributed by atoms with van der Waals surface area (Å²) in [5.74, 6) is 1.08. The minimum absolute atomic E-state index is 0.179. The van der Waals surface area contributed by atoms with Gasteiger partial charge in [0, 0.05) is 25.2 Å². The van der Waals surface area contributed by atoms with Gasteiger partial charge in [0.15, 0.2) is 11.5 Å². The highest BCUT2D eigenvalue weighted by Crippen LogP contribution is 2.28. The molecule has 0 atom stereocenters. The molecule has 32 heavy (non-hydrogen) atoms. The number of hydrogen-bond acceptors (Lipinski definition) is 5. The number of aryl methyl sites for hydroxylation is 2. The maximum atomic E-state index is 13.2. The largest absolute Gasteiger partial charge is 0.493 e. The summed E-state index contributed by atoms with van der Waals surface area (Å²) in [4.78, 5) is 12.8. The molecule has 1 heterocycles. The van der Waals surface area contributed by atoms with E-state index in [1.165, 1.54) is 0 Å². The van der Waals surface area contributed by atoms with Crippen LogP contribution in [0.1, 0.15) is 43.2 Å². The van der Waals surface area contributed by atoms with Crippen LogP contribution in [-0.2, 0) is 21.2 Å². The fourth-order valence-corrected chi connectivity index (χ4v) is 5.66. The SMILES string of the molecule is COc1ccc(CCC(=O)Nc2ccc(C)c(S(=O)(=O)N3CCCCCC3)c2)cc1OC. The van der Waals surface area contributed by atoms with Crippen LogP contribution in [0.4, 0.5) is 5.69 Å². The minimum atomic E-state index is -3.59. The first-order valence-corrected chi connectivity index (χ1v) is 12.4. The van der Waals surface area contributed by atoms with E-state index in [1.54, 1.807) is 43.6 Å². The van der Waals surface area contributed by atoms with Crippen molar-refractivity contribution in [3.63, 3.8) is 0 Å². The molecule has 0 aliphatic carbocycles. The molecular weight excluding hydrogens is 428 g/mol. The topological polar surface area (TPSA) is 84.9 Å². The Labute approximate surface area is 190 Å². The number of benzene rings is 2. The molecule has 0 spiro atoms. The predicted molar refractivity (Wildman–Crippen MR) is 125 cm³/mol. The Hall–Kier alpha value is -2.58. The van der Waals surface area contributed by atoms with Gasteiger partial charge in [-0.1, -0.05) is 25.0 Å². The van der Waals surface area contributed by atoms with E-state index >= 15 is 0 Å². The van der Waals surface area contributed by atoms with Crippen LogP contribution in [0.25, 0.3) is 0 Å². The zero-order valence-electron chi connectivity index (χ0n) is 19.0. The second-order valence-corrected chi connectivity index (χ2v) is 9.94. The molecule has 0 radical (unpaired) electrons. The van der Waals surface area contributed by atoms with Crippen LogP contribution in [0.2, 0.25) is 0 Å². The number of nitrogens with one attached hydrogen (secondary N) is 1. The van der Waals surface area contributed by atoms with Gasteiger partial charge in [0.25, 0.3) is 0 Å². The number of nitrogens with zero attached hydrogens (tertiary/aromatic N) is 1. The van der Waals surface area contributed by atoms with Gasteiger partial charge in [-0.05, 0) is 61.6 Å². The number of amides is 1. The van der Waals surface area contributed by atoms with Crippen molar-refractivity contribution in [2.75, 3.05) is 32.6 Å². The summed E-state index contributed by atoms with van der Waals surface area (Å²) in [5, 5.41) is 2.84. The van der Waals surface area contributed by atoms with Gasteiger partial charge in [-0.25, -0.2) is 8.42 Å². The van der Waals surface area contributed by atoms with E-state index in [2.05, 4.69) is 5.32 Å². The van der Waals surface area contributed by atoms with E-state index in [0.717, 1.165) is 31.2 Å². The van der Waals surface area contributed by atoms with E-state index in [0.29, 0.717) is 42.3 Å². The first-order chi connectivity index (χ1) is 15.3. The molecule has 1 amide bonds. The van der Waals surface area contributed by atoms with Crippen molar-refractivity contribution >= 4 is 21.6 Å². The third-order valence-corrected chi connectivity index (χ3v) is 7.78. The van der Waals surface area contributed by atoms with E-state index in [4.69, 9.17) is 9.47 Å². The van der Waals surface area contributed by atoms with Crippen molar-refractivity contribution < 1.29 is 22.7 Å². The number of anilines is 1. The van der Waals surface area contributed by atoms with E-state index in [-0.39, 0.29) is 17.2 Å². The smallest absolute Gasteiger partial charge is 0.243 e. The van der Waals surface area contributed by atoms with Crippen LogP contribution in [0, 0.1) is 6.92 Å². The lowest BCUT2D eigenvalue weighted by molar-refractivity contribution is -0.116. The van der Waals surface area contributed by atoms with Crippen LogP contribution in [0.5, 0.6) is 11.5 Å². The Kier molecular flexibility index (Phi) is 8.15. The Morgan fingerprint density at radius 3 is 2.31 bits per heavy atom. The Morgan fingerprint density at radius 2 is 1.66 bits per heavy atom. The number of ether oxygens (including phenoxy) is 2. The molecule has 2 aromatic carbocycles. The molecule has 0 unspecified atom stereocenters. The number of methoxy groups -OCH3 is 2. The van der Waals surface area contributed by atoms with Gasteiger partial charge in [0.2, 0.25) is 15.9 Å². The van der Waals surface area contributed by atoms with Gasteiger partial charge < -0.3 is 14.8 Å². The maximum absolute atomic E-state index is 13.2. The quantitative estimate of drug-likeness (QED) is 0.640. The molecule has 174 valence electrons. The lowest BCUT2D eigenvalue weighted by atomic mass is 10.1. The van der Waals surface area contributed by atoms with Gasteiger partial charge >= 0.3 is 0 Å². The van der Waals surface area contributed by atoms with E-state index < -0.39 is 10.0 Å². The van der Waals surface area contributed by atoms with Crippen molar-refractivity contribution in [1.82, 2.24) is 4.31 Å². The fourth-order valence-electron chi connectivity index (χ4n) is 3.89. The molecule has 0 aromatic heterocycles. The van der Waals surface area contributed by atoms with Gasteiger partial charge in [-0.15, -0.1) is 0 Å². The highest BCUT2D eigenvalue weighted by Gasteiger charge is 2.27. The standard InChI is InChI=1S/C24H32N2O5S/c1-18-8-11-20(17-23(18)32(28,29)26-14-6-4-5-7-15-26)25-24(27)13-10-19-9-12-21(30-2)22(16-19)31-3/h8-9,11-12,16-17H,4-7,10,13-15H2,1-3H3,(H,25,27). The molecule has 0 bridgehead atoms. The number of carbonyl (C=O) groups is 1. The third kappa shape index (κ3) is 5.81. The normalized spacial score (nSPS) is 15.1. The summed E-state index contributed by atoms with van der Waals surface area (Å²) in [6.07, 6.45) is 4.66. The molecule has 1 aliphatic heterocycles. The number of carbonyl (C=O) groups excluding carboxylic acids is 1. The first kappa shape index (κ1) is 24.1. The summed E-state index contributed by atoms with van der Waals surface area (Å²) < 4.78 is 38.5. The van der Waals surface area contributed by atoms with Gasteiger partial charge in [-0.3, -0.25) is 4.79 Å². The Morgan fingerprint density at radius 1 is 0.969 bits per heavy atom. The summed E-state index contributed by atoms with van der Waals surface area (Å²) in [7, 11) is -0.438. The lowest BCUT2D eigenvalue weighted by Gasteiger charge is -2.21. The van der Waals surface area contributed by atoms with Crippen molar-refractivity contribution in [3.8, 4) is 11.5 Å². The van der Waals surface area contributed by atoms with Gasteiger partial charge in [-0.2, -0.15) is 4.31 Å². The van der Waals surface area contributed by atoms with Crippen LogP contribution >= 0.6 is 0 Å². The van der Waals surface area contributed by atoms with Crippen LogP contribution in [0.15, 0.2) is 41.3 Å². The maximum Gasteiger partial charge on any atom is 0.243 e. The van der Waals surface area contributed by atoms with Gasteiger partial charge in [0.1, 0.15) is 0 Å². The summed E-state index contributed by atoms with van der Waals surface area (Å²) in [5.41, 5.74) is 2.12. The summed E-state index contributed by atoms with van der Waals surface area (Å²) in [6.45, 7) is 2.88. The number of sulfonamides is 1. The van der Waals surface area contributed by atoms with E-state index in [9.17, 15) is 13.2 Å². The second kappa shape index (κ2) is 10.8. The molecule has 7 nitrogen and oxygen atoms in total. The highest BCUT2D eigenvalue weighted by molar-refractivity contribution is 7.89. The highest BCUT2D eigenvalue weighted by atomic mass is 32.2. The number of rotatable bonds is 8. The minimum Gasteiger partial charge on any atom is -0.493 e. The molecule has 3 rings (SSSR count). The Balaban J connectivity index is 1.68. The Bertz CT molecular complexity index is 1040. The van der Waals surface area contributed by atoms with Crippen LogP contribution in [0.3, 0.4) is 0 Å². The summed E-state index contributed by atoms with van der Waals surface area (Å²) in [6, 6.07) is 10.6. The molecule has 1 aliphatic rings. The average molecular weight is 461 g/mol. The predicted octanol–water partition coefficient (Wildman–Crippen LogP) is 4.15. The molecule has 0 saturated carbocycles. The molecular formula is C24H32N2O5S. The monoisotopic (exact) mass is 460 g/mol. The molecule has 1 saturated heterocycles. The summed E-state index contributed by atoms with van der Waals surface area (Å²) >= 11 is 0. The first-order valence-electron chi connectivity index (χ1n) is 11.0. The van der Waals surface area contributed by atoms with Crippen LogP contribution in [-0.4, -0.2) is 45.9 Å². The zero-order chi connectivity index (χ0) is 23.1. The third-order valence-electron chi connectivity index (χ3n) is 5.74. The second-order valence-electron chi connectivity index (χ2n) is 8.04. The van der Waals surface area contributed by atoms with Crippen molar-refractivity contribution in [2.24, 2.45) is 0 Å². The molecule has 2 aromatic rings. The lowest BCUT2D eigenvalue weighted by Crippen LogP contribution is -2.32. The van der Waals surface area contributed by atoms with Gasteiger partial charge in [0.05, 0.1) is 19.1 Å². The van der Waals surface area contributed by atoms with Crippen molar-refractivity contribution in [3.05, 3.63) is 47.5 Å².